The number of aromatic carboxylic acids is 1. The number of carboxylic acids is 1. The molecule has 21 heavy (non-hydrogen) atoms. The molecule has 0 fully saturated rings. The van der Waals surface area contributed by atoms with Gasteiger partial charge in [0.1, 0.15) is 0 Å². The lowest BCUT2D eigenvalue weighted by Crippen LogP contribution is -2.42. The van der Waals surface area contributed by atoms with Gasteiger partial charge in [-0.05, 0) is 38.5 Å². The average Bonchev–Trinajstić information content (AvgIpc) is 2.34. The average molecular weight is 314 g/mol. The van der Waals surface area contributed by atoms with Crippen molar-refractivity contribution in [3.63, 3.8) is 0 Å². The number of rotatable bonds is 6. The first-order chi connectivity index (χ1) is 9.59. The van der Waals surface area contributed by atoms with Gasteiger partial charge in [0.2, 0.25) is 15.9 Å². The van der Waals surface area contributed by atoms with E-state index in [1.54, 1.807) is 13.8 Å². The van der Waals surface area contributed by atoms with Crippen LogP contribution in [0, 0.1) is 6.92 Å². The van der Waals surface area contributed by atoms with Crippen LogP contribution in [0.5, 0.6) is 0 Å². The zero-order valence-electron chi connectivity index (χ0n) is 12.0. The number of carbonyl (C=O) groups excluding carboxylic acids is 1. The Hall–Kier alpha value is -1.93. The second-order valence-corrected chi connectivity index (χ2v) is 6.70. The maximum atomic E-state index is 12.6. The van der Waals surface area contributed by atoms with Crippen LogP contribution in [-0.4, -0.2) is 42.3 Å². The van der Waals surface area contributed by atoms with Gasteiger partial charge in [-0.25, -0.2) is 13.2 Å². The number of primary amides is 1. The number of hydrogen-bond acceptors (Lipinski definition) is 4. The molecule has 1 rings (SSSR count). The van der Waals surface area contributed by atoms with Crippen molar-refractivity contribution in [3.05, 3.63) is 29.3 Å². The van der Waals surface area contributed by atoms with Crippen molar-refractivity contribution in [3.8, 4) is 0 Å². The first kappa shape index (κ1) is 17.1. The summed E-state index contributed by atoms with van der Waals surface area (Å²) in [6.45, 7) is 4.17. The molecule has 0 aliphatic carbocycles. The highest BCUT2D eigenvalue weighted by Crippen LogP contribution is 2.24. The third-order valence-corrected chi connectivity index (χ3v) is 5.16. The normalized spacial score (nSPS) is 11.9. The van der Waals surface area contributed by atoms with Crippen molar-refractivity contribution < 1.29 is 23.1 Å². The maximum absolute atomic E-state index is 12.6. The summed E-state index contributed by atoms with van der Waals surface area (Å²) >= 11 is 0. The van der Waals surface area contributed by atoms with Gasteiger partial charge in [-0.3, -0.25) is 4.79 Å². The fourth-order valence-electron chi connectivity index (χ4n) is 1.95. The quantitative estimate of drug-likeness (QED) is 0.796. The monoisotopic (exact) mass is 314 g/mol. The minimum absolute atomic E-state index is 0.0983. The number of nitrogens with zero attached hydrogens (tertiary/aromatic N) is 1. The Bertz CT molecular complexity index is 667. The number of hydrogen-bond donors (Lipinski definition) is 2. The summed E-state index contributed by atoms with van der Waals surface area (Å²) in [5, 5.41) is 9.07. The van der Waals surface area contributed by atoms with E-state index in [9.17, 15) is 18.0 Å². The van der Waals surface area contributed by atoms with Crippen LogP contribution in [0.25, 0.3) is 0 Å². The SMILES string of the molecule is Cc1c(C(=O)O)cccc1S(=O)(=O)N(CC(N)=O)C(C)C. The Kier molecular flexibility index (Phi) is 5.08. The first-order valence-corrected chi connectivity index (χ1v) is 7.66. The molecule has 3 N–H and O–H groups in total. The molecule has 0 aliphatic rings. The van der Waals surface area contributed by atoms with Crippen LogP contribution in [0.15, 0.2) is 23.1 Å². The number of sulfonamides is 1. The number of carbonyl (C=O) groups is 2. The van der Waals surface area contributed by atoms with Crippen molar-refractivity contribution in [1.82, 2.24) is 4.31 Å². The minimum Gasteiger partial charge on any atom is -0.478 e. The maximum Gasteiger partial charge on any atom is 0.335 e. The highest BCUT2D eigenvalue weighted by molar-refractivity contribution is 7.89. The number of carboxylic acid groups (broad SMARTS) is 1. The van der Waals surface area contributed by atoms with Crippen LogP contribution < -0.4 is 5.73 Å². The van der Waals surface area contributed by atoms with E-state index in [2.05, 4.69) is 0 Å². The Morgan fingerprint density at radius 1 is 1.33 bits per heavy atom. The lowest BCUT2D eigenvalue weighted by atomic mass is 10.1. The van der Waals surface area contributed by atoms with E-state index >= 15 is 0 Å². The predicted octanol–water partition coefficient (Wildman–Crippen LogP) is 0.578. The largest absolute Gasteiger partial charge is 0.478 e. The Morgan fingerprint density at radius 3 is 2.33 bits per heavy atom. The third kappa shape index (κ3) is 3.59. The van der Waals surface area contributed by atoms with Crippen molar-refractivity contribution in [2.45, 2.75) is 31.7 Å². The van der Waals surface area contributed by atoms with Crippen LogP contribution in [-0.2, 0) is 14.8 Å². The van der Waals surface area contributed by atoms with Crippen molar-refractivity contribution >= 4 is 21.9 Å². The summed E-state index contributed by atoms with van der Waals surface area (Å²) < 4.78 is 26.2. The van der Waals surface area contributed by atoms with Gasteiger partial charge < -0.3 is 10.8 Å². The number of nitrogens with two attached hydrogens (primary N) is 1. The van der Waals surface area contributed by atoms with Gasteiger partial charge in [-0.1, -0.05) is 6.07 Å². The second kappa shape index (κ2) is 6.23. The Labute approximate surface area is 123 Å². The van der Waals surface area contributed by atoms with Gasteiger partial charge in [-0.15, -0.1) is 0 Å². The smallest absolute Gasteiger partial charge is 0.335 e. The Balaban J connectivity index is 3.45. The highest BCUT2D eigenvalue weighted by atomic mass is 32.2. The summed E-state index contributed by atoms with van der Waals surface area (Å²) in [5.41, 5.74) is 5.11. The fourth-order valence-corrected chi connectivity index (χ4v) is 3.80. The molecule has 0 spiro atoms. The molecule has 0 heterocycles. The fraction of sp³-hybridized carbons (Fsp3) is 0.385. The topological polar surface area (TPSA) is 118 Å². The molecule has 1 aromatic carbocycles. The van der Waals surface area contributed by atoms with Gasteiger partial charge in [0.25, 0.3) is 0 Å². The summed E-state index contributed by atoms with van der Waals surface area (Å²) in [6, 6.07) is 3.50. The van der Waals surface area contributed by atoms with E-state index in [4.69, 9.17) is 10.8 Å². The highest BCUT2D eigenvalue weighted by Gasteiger charge is 2.30. The molecular formula is C13H18N2O5S. The van der Waals surface area contributed by atoms with E-state index in [-0.39, 0.29) is 16.0 Å². The molecule has 0 unspecified atom stereocenters. The van der Waals surface area contributed by atoms with E-state index in [1.165, 1.54) is 25.1 Å². The van der Waals surface area contributed by atoms with Crippen molar-refractivity contribution in [2.75, 3.05) is 6.54 Å². The molecule has 0 bridgehead atoms. The van der Waals surface area contributed by atoms with E-state index in [1.807, 2.05) is 0 Å². The molecular weight excluding hydrogens is 296 g/mol. The predicted molar refractivity (Wildman–Crippen MR) is 76.4 cm³/mol. The molecule has 0 atom stereocenters. The molecule has 7 nitrogen and oxygen atoms in total. The van der Waals surface area contributed by atoms with Crippen molar-refractivity contribution in [1.29, 1.82) is 0 Å². The second-order valence-electron chi connectivity index (χ2n) is 4.84. The van der Waals surface area contributed by atoms with E-state index in [0.717, 1.165) is 4.31 Å². The lowest BCUT2D eigenvalue weighted by Gasteiger charge is -2.25. The zero-order chi connectivity index (χ0) is 16.4. The summed E-state index contributed by atoms with van der Waals surface area (Å²) in [7, 11) is -4.01. The molecule has 0 aromatic heterocycles. The molecule has 1 aromatic rings. The summed E-state index contributed by atoms with van der Waals surface area (Å²) in [4.78, 5) is 22.0. The first-order valence-electron chi connectivity index (χ1n) is 6.22. The molecule has 0 aliphatic heterocycles. The minimum atomic E-state index is -4.01. The van der Waals surface area contributed by atoms with Gasteiger partial charge in [0.05, 0.1) is 17.0 Å². The van der Waals surface area contributed by atoms with Gasteiger partial charge in [-0.2, -0.15) is 4.31 Å². The number of benzene rings is 1. The van der Waals surface area contributed by atoms with Crippen LogP contribution in [0.3, 0.4) is 0 Å². The van der Waals surface area contributed by atoms with E-state index < -0.39 is 34.5 Å². The van der Waals surface area contributed by atoms with Crippen molar-refractivity contribution in [2.24, 2.45) is 5.73 Å². The molecule has 116 valence electrons. The molecule has 1 amide bonds. The molecule has 0 radical (unpaired) electrons. The number of amides is 1. The standard InChI is InChI=1S/C13H18N2O5S/c1-8(2)15(7-12(14)16)21(19,20)11-6-4-5-10(9(11)3)13(17)18/h4-6,8H,7H2,1-3H3,(H2,14,16)(H,17,18). The molecule has 0 saturated carbocycles. The van der Waals surface area contributed by atoms with E-state index in [0.29, 0.717) is 0 Å². The Morgan fingerprint density at radius 2 is 1.90 bits per heavy atom. The third-order valence-electron chi connectivity index (χ3n) is 2.99. The summed E-state index contributed by atoms with van der Waals surface area (Å²) in [5.74, 6) is -1.99. The van der Waals surface area contributed by atoms with Gasteiger partial charge in [0.15, 0.2) is 0 Å². The van der Waals surface area contributed by atoms with Gasteiger partial charge >= 0.3 is 5.97 Å². The molecule has 8 heteroatoms. The molecule has 0 saturated heterocycles. The van der Waals surface area contributed by atoms with Crippen LogP contribution in [0.4, 0.5) is 0 Å². The summed E-state index contributed by atoms with van der Waals surface area (Å²) in [6.07, 6.45) is 0. The lowest BCUT2D eigenvalue weighted by molar-refractivity contribution is -0.118. The van der Waals surface area contributed by atoms with Crippen LogP contribution >= 0.6 is 0 Å². The van der Waals surface area contributed by atoms with Crippen LogP contribution in [0.2, 0.25) is 0 Å². The zero-order valence-corrected chi connectivity index (χ0v) is 12.8. The van der Waals surface area contributed by atoms with Gasteiger partial charge in [0, 0.05) is 6.04 Å². The van der Waals surface area contributed by atoms with Crippen LogP contribution in [0.1, 0.15) is 29.8 Å².